The zero-order valence-corrected chi connectivity index (χ0v) is 17.1. The Kier molecular flexibility index (Phi) is 4.88. The minimum absolute atomic E-state index is 1.26. The van der Waals surface area contributed by atoms with Gasteiger partial charge in [-0.1, -0.05) is 107 Å². The van der Waals surface area contributed by atoms with Crippen molar-refractivity contribution in [3.63, 3.8) is 0 Å². The Balaban J connectivity index is 1.96. The van der Waals surface area contributed by atoms with Gasteiger partial charge in [-0.05, 0) is 61.1 Å². The van der Waals surface area contributed by atoms with Crippen molar-refractivity contribution in [1.29, 1.82) is 0 Å². The van der Waals surface area contributed by atoms with Gasteiger partial charge in [-0.3, -0.25) is 0 Å². The Labute approximate surface area is 168 Å². The molecule has 0 N–H and O–H groups in total. The average molecular weight is 363 g/mol. The smallest absolute Gasteiger partial charge is 0.00965 e. The predicted octanol–water partition coefficient (Wildman–Crippen LogP) is 7.92. The van der Waals surface area contributed by atoms with Crippen molar-refractivity contribution in [3.05, 3.63) is 107 Å². The van der Waals surface area contributed by atoms with Crippen molar-refractivity contribution in [1.82, 2.24) is 0 Å². The van der Waals surface area contributed by atoms with Crippen LogP contribution in [0.1, 0.15) is 22.3 Å². The largest absolute Gasteiger partial charge is 0.0587 e. The minimum Gasteiger partial charge on any atom is -0.0587 e. The lowest BCUT2D eigenvalue weighted by Gasteiger charge is -2.17. The first-order valence-corrected chi connectivity index (χ1v) is 9.87. The van der Waals surface area contributed by atoms with Gasteiger partial charge in [0.1, 0.15) is 0 Å². The van der Waals surface area contributed by atoms with Gasteiger partial charge < -0.3 is 0 Å². The van der Waals surface area contributed by atoms with Crippen LogP contribution in [0.3, 0.4) is 0 Å². The number of hydrogen-bond acceptors (Lipinski definition) is 0. The van der Waals surface area contributed by atoms with Gasteiger partial charge in [-0.2, -0.15) is 0 Å². The molecule has 0 heterocycles. The maximum atomic E-state index is 2.32. The van der Waals surface area contributed by atoms with Gasteiger partial charge >= 0.3 is 0 Å². The Morgan fingerprint density at radius 3 is 1.25 bits per heavy atom. The predicted molar refractivity (Wildman–Crippen MR) is 122 cm³/mol. The van der Waals surface area contributed by atoms with Gasteiger partial charge in [-0.15, -0.1) is 0 Å². The van der Waals surface area contributed by atoms with E-state index in [1.54, 1.807) is 0 Å². The van der Waals surface area contributed by atoms with E-state index in [1.165, 1.54) is 55.6 Å². The van der Waals surface area contributed by atoms with E-state index in [4.69, 9.17) is 0 Å². The number of benzene rings is 4. The first kappa shape index (κ1) is 18.3. The molecule has 138 valence electrons. The quantitative estimate of drug-likeness (QED) is 0.347. The van der Waals surface area contributed by atoms with Gasteiger partial charge in [0.2, 0.25) is 0 Å². The van der Waals surface area contributed by atoms with E-state index < -0.39 is 0 Å². The summed E-state index contributed by atoms with van der Waals surface area (Å²) in [5, 5.41) is 0. The van der Waals surface area contributed by atoms with Crippen LogP contribution in [0.25, 0.3) is 33.4 Å². The van der Waals surface area contributed by atoms with Gasteiger partial charge in [0.05, 0.1) is 0 Å². The molecule has 0 saturated carbocycles. The fourth-order valence-electron chi connectivity index (χ4n) is 3.73. The molecule has 0 fully saturated rings. The van der Waals surface area contributed by atoms with E-state index in [1.807, 2.05) is 0 Å². The molecule has 0 atom stereocenters. The highest BCUT2D eigenvalue weighted by atomic mass is 14.2. The highest BCUT2D eigenvalue weighted by Crippen LogP contribution is 2.39. The maximum absolute atomic E-state index is 2.32. The molecule has 0 radical (unpaired) electrons. The summed E-state index contributed by atoms with van der Waals surface area (Å²) in [6.07, 6.45) is 0. The normalized spacial score (nSPS) is 10.9. The van der Waals surface area contributed by atoms with E-state index in [0.717, 1.165) is 0 Å². The Morgan fingerprint density at radius 1 is 0.321 bits per heavy atom. The molecule has 0 nitrogen and oxygen atoms in total. The summed E-state index contributed by atoms with van der Waals surface area (Å²) < 4.78 is 0. The second-order valence-electron chi connectivity index (χ2n) is 7.83. The SMILES string of the molecule is Cc1ccc(-c2cc(C)ccc2-c2cc(C)ccc2-c2ccc(C)cc2)cc1. The van der Waals surface area contributed by atoms with Crippen molar-refractivity contribution >= 4 is 0 Å². The molecule has 0 aliphatic carbocycles. The first-order chi connectivity index (χ1) is 13.5. The van der Waals surface area contributed by atoms with Crippen LogP contribution in [0.4, 0.5) is 0 Å². The third-order valence-electron chi connectivity index (χ3n) is 5.37. The fourth-order valence-corrected chi connectivity index (χ4v) is 3.73. The Morgan fingerprint density at radius 2 is 0.714 bits per heavy atom. The minimum atomic E-state index is 1.26. The molecule has 0 aliphatic rings. The van der Waals surface area contributed by atoms with Crippen LogP contribution < -0.4 is 0 Å². The number of rotatable bonds is 3. The van der Waals surface area contributed by atoms with Crippen LogP contribution in [0.2, 0.25) is 0 Å². The maximum Gasteiger partial charge on any atom is -0.00965 e. The topological polar surface area (TPSA) is 0 Å². The third kappa shape index (κ3) is 3.64. The molecule has 0 bridgehead atoms. The first-order valence-electron chi connectivity index (χ1n) is 9.87. The second kappa shape index (κ2) is 7.48. The summed E-state index contributed by atoms with van der Waals surface area (Å²) in [6, 6.07) is 31.3. The molecule has 0 aliphatic heterocycles. The Hall–Kier alpha value is -3.12. The van der Waals surface area contributed by atoms with Crippen LogP contribution in [-0.4, -0.2) is 0 Å². The monoisotopic (exact) mass is 362 g/mol. The van der Waals surface area contributed by atoms with Crippen molar-refractivity contribution in [3.8, 4) is 33.4 Å². The zero-order valence-electron chi connectivity index (χ0n) is 17.1. The standard InChI is InChI=1S/C28H26/c1-19-5-11-23(12-6-19)25-15-9-22(4)18-28(25)26-16-10-21(3)17-27(26)24-13-7-20(2)8-14-24/h5-18H,1-4H3. The molecule has 4 aromatic rings. The summed E-state index contributed by atoms with van der Waals surface area (Å²) in [5.41, 5.74) is 12.8. The molecule has 0 saturated heterocycles. The molecule has 28 heavy (non-hydrogen) atoms. The summed E-state index contributed by atoms with van der Waals surface area (Å²) in [7, 11) is 0. The summed E-state index contributed by atoms with van der Waals surface area (Å²) >= 11 is 0. The van der Waals surface area contributed by atoms with Crippen molar-refractivity contribution in [2.24, 2.45) is 0 Å². The van der Waals surface area contributed by atoms with Gasteiger partial charge in [0, 0.05) is 0 Å². The molecule has 0 unspecified atom stereocenters. The van der Waals surface area contributed by atoms with Crippen molar-refractivity contribution in [2.45, 2.75) is 27.7 Å². The highest BCUT2D eigenvalue weighted by molar-refractivity contribution is 5.92. The lowest BCUT2D eigenvalue weighted by atomic mass is 9.87. The van der Waals surface area contributed by atoms with Gasteiger partial charge in [0.15, 0.2) is 0 Å². The van der Waals surface area contributed by atoms with Crippen LogP contribution in [0, 0.1) is 27.7 Å². The molecular formula is C28H26. The van der Waals surface area contributed by atoms with E-state index >= 15 is 0 Å². The van der Waals surface area contributed by atoms with E-state index in [-0.39, 0.29) is 0 Å². The third-order valence-corrected chi connectivity index (χ3v) is 5.37. The molecule has 0 spiro atoms. The van der Waals surface area contributed by atoms with Gasteiger partial charge in [0.25, 0.3) is 0 Å². The van der Waals surface area contributed by atoms with Gasteiger partial charge in [-0.25, -0.2) is 0 Å². The number of aryl methyl sites for hydroxylation is 4. The summed E-state index contributed by atoms with van der Waals surface area (Å²) in [5.74, 6) is 0. The molecule has 0 amide bonds. The number of hydrogen-bond donors (Lipinski definition) is 0. The molecule has 0 heteroatoms. The lowest BCUT2D eigenvalue weighted by Crippen LogP contribution is -1.91. The second-order valence-corrected chi connectivity index (χ2v) is 7.83. The summed E-state index contributed by atoms with van der Waals surface area (Å²) in [6.45, 7) is 8.60. The van der Waals surface area contributed by atoms with Crippen LogP contribution >= 0.6 is 0 Å². The molecule has 4 rings (SSSR count). The molecular weight excluding hydrogens is 336 g/mol. The summed E-state index contributed by atoms with van der Waals surface area (Å²) in [4.78, 5) is 0. The molecule has 0 aromatic heterocycles. The van der Waals surface area contributed by atoms with Crippen LogP contribution in [-0.2, 0) is 0 Å². The van der Waals surface area contributed by atoms with Crippen LogP contribution in [0.5, 0.6) is 0 Å². The Bertz CT molecular complexity index is 1110. The van der Waals surface area contributed by atoms with E-state index in [0.29, 0.717) is 0 Å². The fraction of sp³-hybridized carbons (Fsp3) is 0.143. The van der Waals surface area contributed by atoms with Crippen molar-refractivity contribution < 1.29 is 0 Å². The highest BCUT2D eigenvalue weighted by Gasteiger charge is 2.13. The van der Waals surface area contributed by atoms with E-state index in [2.05, 4.69) is 113 Å². The lowest BCUT2D eigenvalue weighted by molar-refractivity contribution is 1.42. The van der Waals surface area contributed by atoms with E-state index in [9.17, 15) is 0 Å². The average Bonchev–Trinajstić information content (AvgIpc) is 2.69. The zero-order chi connectivity index (χ0) is 19.7. The van der Waals surface area contributed by atoms with Crippen molar-refractivity contribution in [2.75, 3.05) is 0 Å². The van der Waals surface area contributed by atoms with Crippen LogP contribution in [0.15, 0.2) is 84.9 Å². The molecule has 4 aromatic carbocycles.